The van der Waals surface area contributed by atoms with E-state index in [-0.39, 0.29) is 41.7 Å². The highest BCUT2D eigenvalue weighted by Gasteiger charge is 2.34. The quantitative estimate of drug-likeness (QED) is 0.0399. The van der Waals surface area contributed by atoms with E-state index < -0.39 is 54.1 Å². The summed E-state index contributed by atoms with van der Waals surface area (Å²) in [5.74, 6) is -3.95. The number of furan rings is 1. The van der Waals surface area contributed by atoms with Crippen LogP contribution in [0.5, 0.6) is 11.5 Å². The third-order valence-electron chi connectivity index (χ3n) is 8.37. The van der Waals surface area contributed by atoms with E-state index in [0.29, 0.717) is 43.3 Å². The van der Waals surface area contributed by atoms with Crippen LogP contribution in [-0.2, 0) is 24.0 Å². The van der Waals surface area contributed by atoms with Gasteiger partial charge in [-0.15, -0.1) is 0 Å². The van der Waals surface area contributed by atoms with Crippen molar-refractivity contribution in [3.63, 3.8) is 0 Å². The molecule has 0 spiro atoms. The second-order valence-electron chi connectivity index (χ2n) is 11.9. The largest absolute Gasteiger partial charge is 0.497 e. The van der Waals surface area contributed by atoms with Crippen LogP contribution < -0.4 is 25.4 Å². The van der Waals surface area contributed by atoms with Gasteiger partial charge in [-0.3, -0.25) is 19.2 Å². The molecule has 3 aromatic rings. The maximum absolute atomic E-state index is 13.5. The molecule has 17 nitrogen and oxygen atoms in total. The first-order valence-electron chi connectivity index (χ1n) is 18.0. The van der Waals surface area contributed by atoms with Crippen LogP contribution in [0.25, 0.3) is 11.3 Å². The van der Waals surface area contributed by atoms with Gasteiger partial charge in [-0.05, 0) is 68.3 Å². The van der Waals surface area contributed by atoms with Gasteiger partial charge >= 0.3 is 11.9 Å². The predicted octanol–water partition coefficient (Wildman–Crippen LogP) is 3.74. The minimum absolute atomic E-state index is 0.0305. The number of methoxy groups -OCH3 is 1. The minimum atomic E-state index is -1.42. The third kappa shape index (κ3) is 13.3. The van der Waals surface area contributed by atoms with Crippen LogP contribution >= 0.6 is 0 Å². The summed E-state index contributed by atoms with van der Waals surface area (Å²) in [6.07, 6.45) is 3.43. The number of aliphatic carboxylic acids is 1. The number of aldehydes is 1. The van der Waals surface area contributed by atoms with Crippen molar-refractivity contribution in [2.45, 2.75) is 71.4 Å². The first-order chi connectivity index (χ1) is 27.0. The smallest absolute Gasteiger partial charge is 0.363 e. The fourth-order valence-electron chi connectivity index (χ4n) is 5.53. The Morgan fingerprint density at radius 1 is 0.911 bits per heavy atom. The second-order valence-corrected chi connectivity index (χ2v) is 11.9. The van der Waals surface area contributed by atoms with Gasteiger partial charge in [0.2, 0.25) is 12.3 Å². The van der Waals surface area contributed by atoms with Gasteiger partial charge in [0.1, 0.15) is 29.6 Å². The fourth-order valence-corrected chi connectivity index (χ4v) is 5.53. The summed E-state index contributed by atoms with van der Waals surface area (Å²) in [4.78, 5) is 92.0. The number of rotatable bonds is 23. The second kappa shape index (κ2) is 24.2. The number of amides is 4. The topological polar surface area (TPSA) is 240 Å². The van der Waals surface area contributed by atoms with Gasteiger partial charge in [0.05, 0.1) is 43.5 Å². The predicted molar refractivity (Wildman–Crippen MR) is 202 cm³/mol. The number of carboxylic acid groups (broad SMARTS) is 1. The van der Waals surface area contributed by atoms with Gasteiger partial charge in [0.15, 0.2) is 5.76 Å². The van der Waals surface area contributed by atoms with Crippen molar-refractivity contribution in [1.82, 2.24) is 21.0 Å². The molecule has 17 heteroatoms. The molecule has 56 heavy (non-hydrogen) atoms. The zero-order valence-corrected chi connectivity index (χ0v) is 32.1. The molecule has 0 saturated heterocycles. The molecule has 3 rings (SSSR count). The number of aliphatic hydroxyl groups excluding tert-OH is 1. The monoisotopic (exact) mass is 782 g/mol. The summed E-state index contributed by atoms with van der Waals surface area (Å²) >= 11 is 0. The Hall–Kier alpha value is -6.23. The number of ether oxygens (including phenoxy) is 2. The standard InChI is InChI=1S/C38H46N4O12.CH4O/c1-5-8-9-10-27(30(6-2)42(23-44)54-38(50)24-11-14-26(51-4)15-12-24)34(45)39-22-40-36(47)32-18-17-31(53-32)25-13-16-28(33(21-25)52-7-3)35(46)41-29(19-20-43)37(48)49;1-2/h11-18,20-21,23,27,29-30H,5-10,19,22H2,1-4H3,(H,39,45)(H,40,47)(H,41,46)(H,48,49);2H,1H3. The number of hydrogen-bond donors (Lipinski definition) is 5. The zero-order valence-electron chi connectivity index (χ0n) is 32.1. The Bertz CT molecular complexity index is 1760. The number of carbonyl (C=O) groups excluding carboxylic acids is 6. The minimum Gasteiger partial charge on any atom is -0.497 e. The van der Waals surface area contributed by atoms with Crippen molar-refractivity contribution in [2.24, 2.45) is 5.92 Å². The highest BCUT2D eigenvalue weighted by atomic mass is 16.7. The van der Waals surface area contributed by atoms with E-state index in [4.69, 9.17) is 23.8 Å². The molecule has 0 aliphatic heterocycles. The van der Waals surface area contributed by atoms with Gasteiger partial charge in [-0.2, -0.15) is 5.06 Å². The van der Waals surface area contributed by atoms with Crippen LogP contribution in [0.15, 0.2) is 59.0 Å². The summed E-state index contributed by atoms with van der Waals surface area (Å²) in [6.45, 7) is 5.38. The Morgan fingerprint density at radius 3 is 2.21 bits per heavy atom. The van der Waals surface area contributed by atoms with Crippen molar-refractivity contribution < 1.29 is 62.5 Å². The van der Waals surface area contributed by atoms with E-state index in [2.05, 4.69) is 16.0 Å². The van der Waals surface area contributed by atoms with Crippen LogP contribution in [0.1, 0.15) is 90.6 Å². The zero-order chi connectivity index (χ0) is 41.6. The van der Waals surface area contributed by atoms with Crippen molar-refractivity contribution in [3.05, 3.63) is 71.5 Å². The molecule has 0 radical (unpaired) electrons. The van der Waals surface area contributed by atoms with E-state index in [9.17, 15) is 38.7 Å². The van der Waals surface area contributed by atoms with Gasteiger partial charge < -0.3 is 49.7 Å². The number of hydrogen-bond acceptors (Lipinski definition) is 12. The van der Waals surface area contributed by atoms with Gasteiger partial charge in [0, 0.05) is 19.1 Å². The van der Waals surface area contributed by atoms with E-state index in [1.165, 1.54) is 49.6 Å². The summed E-state index contributed by atoms with van der Waals surface area (Å²) in [5.41, 5.74) is 0.659. The molecular formula is C39H50N4O13. The summed E-state index contributed by atoms with van der Waals surface area (Å²) < 4.78 is 16.5. The number of carboxylic acids is 1. The number of unbranched alkanes of at least 4 members (excludes halogenated alkanes) is 2. The molecule has 4 amide bonds. The maximum atomic E-state index is 13.5. The van der Waals surface area contributed by atoms with Crippen molar-refractivity contribution in [1.29, 1.82) is 0 Å². The average molecular weight is 783 g/mol. The lowest BCUT2D eigenvalue weighted by atomic mass is 9.90. The van der Waals surface area contributed by atoms with E-state index in [1.54, 1.807) is 26.0 Å². The lowest BCUT2D eigenvalue weighted by molar-refractivity contribution is -0.171. The molecule has 0 aliphatic carbocycles. The number of benzene rings is 2. The number of hydroxylamine groups is 2. The lowest BCUT2D eigenvalue weighted by Crippen LogP contribution is -2.49. The highest BCUT2D eigenvalue weighted by molar-refractivity contribution is 6.00. The first kappa shape index (κ1) is 45.9. The molecule has 3 atom stereocenters. The van der Waals surface area contributed by atoms with Crippen molar-refractivity contribution in [2.75, 3.05) is 27.5 Å². The van der Waals surface area contributed by atoms with Gasteiger partial charge in [0.25, 0.3) is 11.8 Å². The summed E-state index contributed by atoms with van der Waals surface area (Å²) in [7, 11) is 2.49. The maximum Gasteiger partial charge on any atom is 0.363 e. The summed E-state index contributed by atoms with van der Waals surface area (Å²) in [5, 5.41) is 24.7. The molecule has 5 N–H and O–H groups in total. The third-order valence-corrected chi connectivity index (χ3v) is 8.37. The fraction of sp³-hybridized carbons (Fsp3) is 0.410. The molecule has 3 unspecified atom stereocenters. The van der Waals surface area contributed by atoms with Crippen LogP contribution in [0.2, 0.25) is 0 Å². The van der Waals surface area contributed by atoms with E-state index in [0.717, 1.165) is 25.0 Å². The number of nitrogens with zero attached hydrogens (tertiary/aromatic N) is 1. The molecule has 0 saturated carbocycles. The first-order valence-corrected chi connectivity index (χ1v) is 18.0. The molecular weight excluding hydrogens is 732 g/mol. The normalized spacial score (nSPS) is 12.0. The van der Waals surface area contributed by atoms with Gasteiger partial charge in [-0.25, -0.2) is 9.59 Å². The van der Waals surface area contributed by atoms with Crippen molar-refractivity contribution in [3.8, 4) is 22.8 Å². The molecule has 0 fully saturated rings. The van der Waals surface area contributed by atoms with Crippen LogP contribution in [0.4, 0.5) is 0 Å². The molecule has 0 bridgehead atoms. The number of nitrogens with one attached hydrogen (secondary N) is 3. The highest BCUT2D eigenvalue weighted by Crippen LogP contribution is 2.29. The van der Waals surface area contributed by atoms with Crippen molar-refractivity contribution >= 4 is 42.4 Å². The molecule has 1 heterocycles. The van der Waals surface area contributed by atoms with E-state index in [1.807, 2.05) is 6.92 Å². The molecule has 1 aromatic heterocycles. The molecule has 0 aliphatic rings. The van der Waals surface area contributed by atoms with Crippen LogP contribution in [0, 0.1) is 5.92 Å². The number of aliphatic hydroxyl groups is 1. The lowest BCUT2D eigenvalue weighted by Gasteiger charge is -2.31. The molecule has 2 aromatic carbocycles. The number of carbonyl (C=O) groups is 7. The van der Waals surface area contributed by atoms with E-state index >= 15 is 0 Å². The molecule has 304 valence electrons. The Labute approximate surface area is 324 Å². The Balaban J connectivity index is 0.00000532. The SMILES string of the molecule is CCCCCC(C(=O)NCNC(=O)c1ccc(-c2ccc(C(=O)NC(CC=O)C(=O)O)c(OCC)c2)o1)C(CC)N(C=O)OC(=O)c1ccc(OC)cc1.CO. The van der Waals surface area contributed by atoms with Gasteiger partial charge in [-0.1, -0.05) is 39.2 Å². The summed E-state index contributed by atoms with van der Waals surface area (Å²) in [6, 6.07) is 11.3. The van der Waals surface area contributed by atoms with Crippen LogP contribution in [-0.4, -0.2) is 97.2 Å². The van der Waals surface area contributed by atoms with Crippen LogP contribution in [0.3, 0.4) is 0 Å². The Kier molecular flexibility index (Phi) is 19.9. The average Bonchev–Trinajstić information content (AvgIpc) is 3.71. The Morgan fingerprint density at radius 2 is 1.62 bits per heavy atom.